The third-order valence-corrected chi connectivity index (χ3v) is 6.52. The quantitative estimate of drug-likeness (QED) is 0.697. The normalized spacial score (nSPS) is 19.9. The Kier molecular flexibility index (Phi) is 5.67. The number of aromatic hydroxyl groups is 1. The van der Waals surface area contributed by atoms with Crippen molar-refractivity contribution in [1.29, 1.82) is 5.26 Å². The lowest BCUT2D eigenvalue weighted by Crippen LogP contribution is -2.42. The van der Waals surface area contributed by atoms with Gasteiger partial charge >= 0.3 is 0 Å². The summed E-state index contributed by atoms with van der Waals surface area (Å²) in [5.41, 5.74) is 10.9. The van der Waals surface area contributed by atoms with Crippen LogP contribution in [0, 0.1) is 16.7 Å². The van der Waals surface area contributed by atoms with Gasteiger partial charge in [-0.3, -0.25) is 9.69 Å². The highest BCUT2D eigenvalue weighted by Gasteiger charge is 2.44. The molecule has 3 N–H and O–H groups in total. The monoisotopic (exact) mass is 443 g/mol. The van der Waals surface area contributed by atoms with Crippen molar-refractivity contribution in [3.8, 4) is 17.6 Å². The molecule has 0 radical (unpaired) electrons. The summed E-state index contributed by atoms with van der Waals surface area (Å²) in [5.74, 6) is -0.00632. The lowest BCUT2D eigenvalue weighted by Gasteiger charge is -2.43. The molecule has 1 heterocycles. The van der Waals surface area contributed by atoms with Crippen molar-refractivity contribution in [3.05, 3.63) is 76.3 Å². The number of ether oxygens (including phenoxy) is 1. The largest absolute Gasteiger partial charge is 0.504 e. The van der Waals surface area contributed by atoms with Gasteiger partial charge in [0, 0.05) is 23.4 Å². The zero-order chi connectivity index (χ0) is 23.9. The van der Waals surface area contributed by atoms with Gasteiger partial charge in [0.25, 0.3) is 0 Å². The first-order chi connectivity index (χ1) is 15.7. The first-order valence-electron chi connectivity index (χ1n) is 11.1. The fraction of sp³-hybridized carbons (Fsp3) is 0.333. The number of aryl methyl sites for hydroxylation is 1. The predicted molar refractivity (Wildman–Crippen MR) is 128 cm³/mol. The summed E-state index contributed by atoms with van der Waals surface area (Å²) in [6.45, 7) is 6.24. The number of ketones is 1. The second kappa shape index (κ2) is 8.32. The van der Waals surface area contributed by atoms with E-state index in [0.29, 0.717) is 35.4 Å². The molecule has 6 nitrogen and oxygen atoms in total. The zero-order valence-corrected chi connectivity index (χ0v) is 19.5. The summed E-state index contributed by atoms with van der Waals surface area (Å²) in [5, 5.41) is 20.3. The Morgan fingerprint density at radius 3 is 2.52 bits per heavy atom. The number of nitriles is 1. The van der Waals surface area contributed by atoms with Crippen molar-refractivity contribution in [1.82, 2.24) is 0 Å². The fourth-order valence-corrected chi connectivity index (χ4v) is 4.89. The van der Waals surface area contributed by atoms with Crippen LogP contribution < -0.4 is 15.4 Å². The Morgan fingerprint density at radius 1 is 1.21 bits per heavy atom. The molecule has 1 atom stereocenters. The molecule has 1 unspecified atom stereocenters. The first-order valence-corrected chi connectivity index (χ1v) is 11.1. The van der Waals surface area contributed by atoms with E-state index >= 15 is 0 Å². The standard InChI is InChI=1S/C27H29N3O3/c1-5-16-6-9-18(10-7-16)30-20-13-27(2,3)14-22(32)25(20)24(19(15-28)26(30)29)17-8-11-21(31)23(12-17)33-4/h6-12,24,31H,5,13-14,29H2,1-4H3. The van der Waals surface area contributed by atoms with E-state index in [2.05, 4.69) is 26.8 Å². The fourth-order valence-electron chi connectivity index (χ4n) is 4.89. The lowest BCUT2D eigenvalue weighted by atomic mass is 9.68. The number of nitrogens with zero attached hydrogens (tertiary/aromatic N) is 2. The van der Waals surface area contributed by atoms with E-state index in [1.807, 2.05) is 29.2 Å². The van der Waals surface area contributed by atoms with Crippen LogP contribution in [0.3, 0.4) is 0 Å². The van der Waals surface area contributed by atoms with Crippen molar-refractivity contribution in [3.63, 3.8) is 0 Å². The predicted octanol–water partition coefficient (Wildman–Crippen LogP) is 4.90. The molecule has 0 saturated heterocycles. The number of phenolic OH excluding ortho intramolecular Hbond substituents is 1. The van der Waals surface area contributed by atoms with E-state index in [-0.39, 0.29) is 22.7 Å². The lowest BCUT2D eigenvalue weighted by molar-refractivity contribution is -0.118. The van der Waals surface area contributed by atoms with Crippen LogP contribution >= 0.6 is 0 Å². The summed E-state index contributed by atoms with van der Waals surface area (Å²) >= 11 is 0. The molecule has 170 valence electrons. The van der Waals surface area contributed by atoms with Crippen LogP contribution in [0.1, 0.15) is 50.7 Å². The molecule has 0 fully saturated rings. The molecule has 0 aromatic heterocycles. The molecular formula is C27H29N3O3. The average Bonchev–Trinajstić information content (AvgIpc) is 2.78. The maximum absolute atomic E-state index is 13.6. The van der Waals surface area contributed by atoms with Crippen LogP contribution in [0.25, 0.3) is 0 Å². The minimum Gasteiger partial charge on any atom is -0.504 e. The van der Waals surface area contributed by atoms with Gasteiger partial charge in [-0.1, -0.05) is 39.0 Å². The number of carbonyl (C=O) groups is 1. The number of anilines is 1. The minimum absolute atomic E-state index is 0.00420. The maximum atomic E-state index is 13.6. The van der Waals surface area contributed by atoms with Crippen molar-refractivity contribution >= 4 is 11.5 Å². The van der Waals surface area contributed by atoms with Gasteiger partial charge in [-0.15, -0.1) is 0 Å². The maximum Gasteiger partial charge on any atom is 0.162 e. The Hall–Kier alpha value is -3.72. The molecule has 33 heavy (non-hydrogen) atoms. The van der Waals surface area contributed by atoms with E-state index in [4.69, 9.17) is 10.5 Å². The summed E-state index contributed by atoms with van der Waals surface area (Å²) < 4.78 is 5.29. The van der Waals surface area contributed by atoms with Crippen molar-refractivity contribution < 1.29 is 14.6 Å². The van der Waals surface area contributed by atoms with Crippen LogP contribution in [0.15, 0.2) is 65.1 Å². The summed E-state index contributed by atoms with van der Waals surface area (Å²) in [7, 11) is 1.47. The Morgan fingerprint density at radius 2 is 1.91 bits per heavy atom. The molecule has 1 aliphatic carbocycles. The number of hydrogen-bond donors (Lipinski definition) is 2. The second-order valence-corrected chi connectivity index (χ2v) is 9.43. The Bertz CT molecular complexity index is 1220. The van der Waals surface area contributed by atoms with Gasteiger partial charge in [-0.05, 0) is 53.6 Å². The number of phenols is 1. The number of allylic oxidation sites excluding steroid dienone is 3. The third kappa shape index (κ3) is 3.84. The molecule has 2 aromatic rings. The highest BCUT2D eigenvalue weighted by Crippen LogP contribution is 2.50. The second-order valence-electron chi connectivity index (χ2n) is 9.43. The average molecular weight is 444 g/mol. The van der Waals surface area contributed by atoms with Crippen molar-refractivity contribution in [2.24, 2.45) is 11.1 Å². The number of methoxy groups -OCH3 is 1. The highest BCUT2D eigenvalue weighted by molar-refractivity contribution is 6.01. The number of nitrogens with two attached hydrogens (primary N) is 1. The van der Waals surface area contributed by atoms with Crippen LogP contribution in [-0.2, 0) is 11.2 Å². The van der Waals surface area contributed by atoms with E-state index in [1.54, 1.807) is 12.1 Å². The number of benzene rings is 2. The van der Waals surface area contributed by atoms with E-state index in [9.17, 15) is 15.2 Å². The van der Waals surface area contributed by atoms with Crippen LogP contribution in [0.2, 0.25) is 0 Å². The molecule has 2 aromatic carbocycles. The van der Waals surface area contributed by atoms with Crippen molar-refractivity contribution in [2.75, 3.05) is 12.0 Å². The number of Topliss-reactive ketones (excluding diaryl/α,β-unsaturated/α-hetero) is 1. The van der Waals surface area contributed by atoms with Gasteiger partial charge in [-0.25, -0.2) is 0 Å². The van der Waals surface area contributed by atoms with Gasteiger partial charge < -0.3 is 15.6 Å². The summed E-state index contributed by atoms with van der Waals surface area (Å²) in [4.78, 5) is 15.4. The molecule has 0 bridgehead atoms. The number of hydrogen-bond acceptors (Lipinski definition) is 6. The van der Waals surface area contributed by atoms with Crippen LogP contribution in [0.4, 0.5) is 5.69 Å². The van der Waals surface area contributed by atoms with Gasteiger partial charge in [0.2, 0.25) is 0 Å². The third-order valence-electron chi connectivity index (χ3n) is 6.52. The number of rotatable bonds is 4. The summed E-state index contributed by atoms with van der Waals surface area (Å²) in [6.07, 6.45) is 1.95. The minimum atomic E-state index is -0.616. The van der Waals surface area contributed by atoms with Gasteiger partial charge in [0.05, 0.1) is 24.7 Å². The highest BCUT2D eigenvalue weighted by atomic mass is 16.5. The Balaban J connectivity index is 1.97. The molecule has 6 heteroatoms. The van der Waals surface area contributed by atoms with Gasteiger partial charge in [0.15, 0.2) is 17.3 Å². The van der Waals surface area contributed by atoms with Gasteiger partial charge in [-0.2, -0.15) is 5.26 Å². The van der Waals surface area contributed by atoms with Crippen LogP contribution in [-0.4, -0.2) is 18.0 Å². The summed E-state index contributed by atoms with van der Waals surface area (Å²) in [6, 6.07) is 15.2. The molecule has 0 saturated carbocycles. The molecule has 0 amide bonds. The molecule has 0 spiro atoms. The SMILES string of the molecule is CCc1ccc(N2C(N)=C(C#N)C(c3ccc(O)c(OC)c3)C3=C2CC(C)(C)CC3=O)cc1. The van der Waals surface area contributed by atoms with Crippen molar-refractivity contribution in [2.45, 2.75) is 46.0 Å². The molecule has 2 aliphatic rings. The van der Waals surface area contributed by atoms with E-state index in [1.165, 1.54) is 18.7 Å². The van der Waals surface area contributed by atoms with E-state index < -0.39 is 5.92 Å². The zero-order valence-electron chi connectivity index (χ0n) is 19.5. The molecule has 1 aliphatic heterocycles. The Labute approximate surface area is 194 Å². The molecular weight excluding hydrogens is 414 g/mol. The van der Waals surface area contributed by atoms with Gasteiger partial charge in [0.1, 0.15) is 5.82 Å². The first kappa shape index (κ1) is 22.5. The smallest absolute Gasteiger partial charge is 0.162 e. The van der Waals surface area contributed by atoms with Crippen LogP contribution in [0.5, 0.6) is 11.5 Å². The topological polar surface area (TPSA) is 99.6 Å². The molecule has 4 rings (SSSR count). The van der Waals surface area contributed by atoms with E-state index in [0.717, 1.165) is 17.8 Å². The number of carbonyl (C=O) groups excluding carboxylic acids is 1.